The quantitative estimate of drug-likeness (QED) is 0.550. The highest BCUT2D eigenvalue weighted by Crippen LogP contribution is 2.12. The first-order chi connectivity index (χ1) is 4.75. The Morgan fingerprint density at radius 2 is 2.30 bits per heavy atom. The van der Waals surface area contributed by atoms with Crippen molar-refractivity contribution in [2.24, 2.45) is 0 Å². The summed E-state index contributed by atoms with van der Waals surface area (Å²) in [7, 11) is 0. The predicted octanol–water partition coefficient (Wildman–Crippen LogP) is 0.216. The first-order valence-corrected chi connectivity index (χ1v) is 3.22. The normalized spacial score (nSPS) is 9.70. The average Bonchev–Trinajstić information content (AvgIpc) is 2.20. The van der Waals surface area contributed by atoms with E-state index in [1.54, 1.807) is 16.9 Å². The van der Waals surface area contributed by atoms with Crippen LogP contribution in [-0.4, -0.2) is 11.2 Å². The van der Waals surface area contributed by atoms with Crippen molar-refractivity contribution in [3.8, 4) is 0 Å². The maximum Gasteiger partial charge on any atom is 0.145 e. The number of anilines is 2. The monoisotopic (exact) mass is 140 g/mol. The molecule has 0 atom stereocenters. The summed E-state index contributed by atoms with van der Waals surface area (Å²) in [6, 6.07) is 1.76. The van der Waals surface area contributed by atoms with Gasteiger partial charge in [-0.05, 0) is 13.0 Å². The van der Waals surface area contributed by atoms with Gasteiger partial charge < -0.3 is 16.9 Å². The summed E-state index contributed by atoms with van der Waals surface area (Å²) in [5, 5.41) is 0. The fourth-order valence-electron chi connectivity index (χ4n) is 0.768. The SMILES string of the molecule is CCNn1ccc(N)c1N. The summed E-state index contributed by atoms with van der Waals surface area (Å²) in [5.74, 6) is 0.571. The molecule has 0 fully saturated rings. The maximum absolute atomic E-state index is 5.56. The molecule has 0 aliphatic carbocycles. The van der Waals surface area contributed by atoms with E-state index in [-0.39, 0.29) is 0 Å². The van der Waals surface area contributed by atoms with E-state index in [0.29, 0.717) is 11.5 Å². The van der Waals surface area contributed by atoms with Gasteiger partial charge in [-0.3, -0.25) is 4.68 Å². The van der Waals surface area contributed by atoms with E-state index in [1.807, 2.05) is 6.92 Å². The Labute approximate surface area is 59.8 Å². The van der Waals surface area contributed by atoms with E-state index in [9.17, 15) is 0 Å². The van der Waals surface area contributed by atoms with E-state index in [0.717, 1.165) is 6.54 Å². The first kappa shape index (κ1) is 6.80. The van der Waals surface area contributed by atoms with E-state index >= 15 is 0 Å². The van der Waals surface area contributed by atoms with Crippen molar-refractivity contribution in [3.63, 3.8) is 0 Å². The molecule has 0 saturated carbocycles. The summed E-state index contributed by atoms with van der Waals surface area (Å²) in [6.07, 6.45) is 1.80. The van der Waals surface area contributed by atoms with Gasteiger partial charge in [-0.1, -0.05) is 0 Å². The van der Waals surface area contributed by atoms with Gasteiger partial charge in [-0.2, -0.15) is 0 Å². The zero-order chi connectivity index (χ0) is 7.56. The molecule has 0 aliphatic heterocycles. The minimum Gasteiger partial charge on any atom is -0.396 e. The van der Waals surface area contributed by atoms with Crippen LogP contribution in [0, 0.1) is 0 Å². The summed E-state index contributed by atoms with van der Waals surface area (Å²) < 4.78 is 1.70. The molecule has 56 valence electrons. The Bertz CT molecular complexity index is 216. The van der Waals surface area contributed by atoms with Crippen LogP contribution in [0.4, 0.5) is 11.5 Å². The fraction of sp³-hybridized carbons (Fsp3) is 0.333. The lowest BCUT2D eigenvalue weighted by atomic mass is 10.5. The molecule has 4 nitrogen and oxygen atoms in total. The van der Waals surface area contributed by atoms with Gasteiger partial charge >= 0.3 is 0 Å². The van der Waals surface area contributed by atoms with Crippen LogP contribution in [0.15, 0.2) is 12.3 Å². The molecule has 0 spiro atoms. The highest BCUT2D eigenvalue weighted by Gasteiger charge is 1.98. The molecule has 1 rings (SSSR count). The Balaban J connectivity index is 2.83. The van der Waals surface area contributed by atoms with Crippen LogP contribution >= 0.6 is 0 Å². The summed E-state index contributed by atoms with van der Waals surface area (Å²) in [6.45, 7) is 2.83. The van der Waals surface area contributed by atoms with Crippen LogP contribution in [0.2, 0.25) is 0 Å². The van der Waals surface area contributed by atoms with Gasteiger partial charge in [0, 0.05) is 12.7 Å². The van der Waals surface area contributed by atoms with Gasteiger partial charge in [0.05, 0.1) is 5.69 Å². The van der Waals surface area contributed by atoms with Crippen LogP contribution in [0.5, 0.6) is 0 Å². The Morgan fingerprint density at radius 3 is 2.70 bits per heavy atom. The van der Waals surface area contributed by atoms with Crippen LogP contribution in [0.1, 0.15) is 6.92 Å². The van der Waals surface area contributed by atoms with Gasteiger partial charge in [0.25, 0.3) is 0 Å². The van der Waals surface area contributed by atoms with Crippen LogP contribution in [0.3, 0.4) is 0 Å². The molecule has 1 heterocycles. The Morgan fingerprint density at radius 1 is 1.60 bits per heavy atom. The van der Waals surface area contributed by atoms with Crippen LogP contribution < -0.4 is 16.9 Å². The van der Waals surface area contributed by atoms with Crippen LogP contribution in [0.25, 0.3) is 0 Å². The number of nitrogens with one attached hydrogen (secondary N) is 1. The number of hydrogen-bond acceptors (Lipinski definition) is 3. The molecular formula is C6H12N4. The van der Waals surface area contributed by atoms with E-state index in [1.165, 1.54) is 0 Å². The van der Waals surface area contributed by atoms with Crippen molar-refractivity contribution in [2.45, 2.75) is 6.92 Å². The van der Waals surface area contributed by atoms with E-state index < -0.39 is 0 Å². The topological polar surface area (TPSA) is 69.0 Å². The second kappa shape index (κ2) is 2.51. The highest BCUT2D eigenvalue weighted by molar-refractivity contribution is 5.59. The van der Waals surface area contributed by atoms with Gasteiger partial charge in [0.15, 0.2) is 0 Å². The van der Waals surface area contributed by atoms with Gasteiger partial charge in [0.1, 0.15) is 5.82 Å². The van der Waals surface area contributed by atoms with Crippen molar-refractivity contribution >= 4 is 11.5 Å². The molecule has 0 aliphatic rings. The predicted molar refractivity (Wildman–Crippen MR) is 43.2 cm³/mol. The molecule has 0 bridgehead atoms. The number of nitrogen functional groups attached to an aromatic ring is 2. The van der Waals surface area contributed by atoms with E-state index in [4.69, 9.17) is 11.5 Å². The third-order valence-electron chi connectivity index (χ3n) is 1.29. The largest absolute Gasteiger partial charge is 0.396 e. The minimum absolute atomic E-state index is 0.571. The molecular weight excluding hydrogens is 128 g/mol. The number of nitrogens with zero attached hydrogens (tertiary/aromatic N) is 1. The second-order valence-corrected chi connectivity index (χ2v) is 2.04. The van der Waals surface area contributed by atoms with Crippen LogP contribution in [-0.2, 0) is 0 Å². The molecule has 5 N–H and O–H groups in total. The Kier molecular flexibility index (Phi) is 1.71. The molecule has 0 aromatic carbocycles. The molecule has 1 aromatic heterocycles. The standard InChI is InChI=1S/C6H12N4/c1-2-9-10-4-3-5(7)6(10)8/h3-4,9H,2,7-8H2,1H3. The van der Waals surface area contributed by atoms with Gasteiger partial charge in [0.2, 0.25) is 0 Å². The zero-order valence-electron chi connectivity index (χ0n) is 5.96. The lowest BCUT2D eigenvalue weighted by Crippen LogP contribution is -2.15. The fourth-order valence-corrected chi connectivity index (χ4v) is 0.768. The molecule has 1 aromatic rings. The van der Waals surface area contributed by atoms with Crippen molar-refractivity contribution in [1.29, 1.82) is 0 Å². The first-order valence-electron chi connectivity index (χ1n) is 3.22. The second-order valence-electron chi connectivity index (χ2n) is 2.04. The summed E-state index contributed by atoms with van der Waals surface area (Å²) in [4.78, 5) is 0. The number of aromatic nitrogens is 1. The molecule has 0 unspecified atom stereocenters. The summed E-state index contributed by atoms with van der Waals surface area (Å²) in [5.41, 5.74) is 14.7. The number of hydrogen-bond donors (Lipinski definition) is 3. The summed E-state index contributed by atoms with van der Waals surface area (Å²) >= 11 is 0. The molecule has 0 amide bonds. The lowest BCUT2D eigenvalue weighted by molar-refractivity contribution is 0.883. The number of rotatable bonds is 2. The molecule has 4 heteroatoms. The maximum atomic E-state index is 5.56. The smallest absolute Gasteiger partial charge is 0.145 e. The average molecular weight is 140 g/mol. The highest BCUT2D eigenvalue weighted by atomic mass is 15.4. The Hall–Kier alpha value is -1.32. The van der Waals surface area contributed by atoms with Gasteiger partial charge in [-0.15, -0.1) is 0 Å². The van der Waals surface area contributed by atoms with Crippen molar-refractivity contribution in [3.05, 3.63) is 12.3 Å². The lowest BCUT2D eigenvalue weighted by Gasteiger charge is -2.05. The molecule has 0 saturated heterocycles. The zero-order valence-corrected chi connectivity index (χ0v) is 5.96. The minimum atomic E-state index is 0.571. The number of nitrogens with two attached hydrogens (primary N) is 2. The molecule has 0 radical (unpaired) electrons. The van der Waals surface area contributed by atoms with E-state index in [2.05, 4.69) is 5.43 Å². The molecule has 10 heavy (non-hydrogen) atoms. The van der Waals surface area contributed by atoms with Crippen molar-refractivity contribution in [2.75, 3.05) is 23.4 Å². The van der Waals surface area contributed by atoms with Crippen molar-refractivity contribution in [1.82, 2.24) is 4.68 Å². The van der Waals surface area contributed by atoms with Gasteiger partial charge in [-0.25, -0.2) is 0 Å². The van der Waals surface area contributed by atoms with Crippen molar-refractivity contribution < 1.29 is 0 Å². The third-order valence-corrected chi connectivity index (χ3v) is 1.29. The third kappa shape index (κ3) is 1.00.